The fourth-order valence-electron chi connectivity index (χ4n) is 5.00. The van der Waals surface area contributed by atoms with Gasteiger partial charge < -0.3 is 44.8 Å². The third kappa shape index (κ3) is 4.37. The van der Waals surface area contributed by atoms with Crippen molar-refractivity contribution >= 4 is 5.69 Å². The van der Waals surface area contributed by atoms with Gasteiger partial charge in [0.05, 0.1) is 22.1 Å². The van der Waals surface area contributed by atoms with E-state index in [1.807, 2.05) is 0 Å². The molecule has 2 aromatic carbocycles. The minimum atomic E-state index is -3.54. The van der Waals surface area contributed by atoms with Crippen LogP contribution in [0.15, 0.2) is 54.6 Å². The number of aliphatic hydroxyl groups is 6. The second-order valence-electron chi connectivity index (χ2n) is 9.57. The highest BCUT2D eigenvalue weighted by molar-refractivity contribution is 5.37. The Balaban J connectivity index is 1.80. The fraction of sp³-hybridized carbons (Fsp3) is 0.500. The van der Waals surface area contributed by atoms with Gasteiger partial charge in [0, 0.05) is 23.3 Å². The molecule has 15 nitrogen and oxygen atoms in total. The smallest absolute Gasteiger partial charge is 0.387 e. The predicted octanol–water partition coefficient (Wildman–Crippen LogP) is -0.776. The molecular formula is C24H28N2O13. The van der Waals surface area contributed by atoms with Crippen LogP contribution in [0.4, 0.5) is 5.69 Å². The highest BCUT2D eigenvalue weighted by Gasteiger charge is 2.76. The molecule has 0 aliphatic carbocycles. The Labute approximate surface area is 220 Å². The largest absolute Gasteiger partial charge is 0.409 e. The average molecular weight is 552 g/mol. The van der Waals surface area contributed by atoms with Gasteiger partial charge in [0.1, 0.15) is 24.4 Å². The molecule has 0 aromatic heterocycles. The predicted molar refractivity (Wildman–Crippen MR) is 127 cm³/mol. The lowest BCUT2D eigenvalue weighted by Crippen LogP contribution is -2.76. The van der Waals surface area contributed by atoms with E-state index in [9.17, 15) is 50.9 Å². The molecule has 2 aromatic rings. The highest BCUT2D eigenvalue weighted by Crippen LogP contribution is 2.49. The van der Waals surface area contributed by atoms with Crippen LogP contribution in [0.5, 0.6) is 0 Å². The molecule has 10 atom stereocenters. The van der Waals surface area contributed by atoms with E-state index in [-0.39, 0.29) is 11.1 Å². The standard InChI is InChI=1S/C24H28N2O13/c1-12-17(27)21(30)23(32,26(35)36)24(38-12,14-7-4-3-5-8-14)39-19-13(2)37-22(31,20(29)18(19)28)15-9-6-10-16(11-15)25(33)34/h3-13,17-21,27-32H,1-2H3/t12-,13-,17+,18+,19+,20-,21+,22-,23-,24-/m1/s1. The number of ether oxygens (including phenoxy) is 3. The van der Waals surface area contributed by atoms with Gasteiger partial charge in [-0.15, -0.1) is 0 Å². The van der Waals surface area contributed by atoms with Crippen LogP contribution >= 0.6 is 0 Å². The van der Waals surface area contributed by atoms with Crippen molar-refractivity contribution in [2.45, 2.75) is 73.9 Å². The van der Waals surface area contributed by atoms with Crippen LogP contribution in [-0.2, 0) is 25.8 Å². The van der Waals surface area contributed by atoms with Crippen molar-refractivity contribution in [3.8, 4) is 0 Å². The zero-order valence-electron chi connectivity index (χ0n) is 20.7. The van der Waals surface area contributed by atoms with E-state index in [1.165, 1.54) is 50.2 Å². The van der Waals surface area contributed by atoms with Crippen molar-refractivity contribution in [2.75, 3.05) is 0 Å². The number of non-ortho nitro benzene ring substituents is 1. The van der Waals surface area contributed by atoms with E-state index < -0.39 is 75.6 Å². The van der Waals surface area contributed by atoms with Crippen LogP contribution in [-0.4, -0.2) is 88.9 Å². The summed E-state index contributed by atoms with van der Waals surface area (Å²) >= 11 is 0. The molecule has 0 amide bonds. The first-order valence-electron chi connectivity index (χ1n) is 11.9. The van der Waals surface area contributed by atoms with Crippen LogP contribution in [0, 0.1) is 20.2 Å². The summed E-state index contributed by atoms with van der Waals surface area (Å²) in [6.45, 7) is 2.53. The summed E-state index contributed by atoms with van der Waals surface area (Å²) < 4.78 is 17.2. The highest BCUT2D eigenvalue weighted by atomic mass is 16.8. The Morgan fingerprint density at radius 1 is 0.821 bits per heavy atom. The van der Waals surface area contributed by atoms with E-state index >= 15 is 0 Å². The summed E-state index contributed by atoms with van der Waals surface area (Å²) in [5, 5.41) is 89.1. The normalized spacial score (nSPS) is 40.7. The molecule has 0 radical (unpaired) electrons. The molecule has 6 N–H and O–H groups in total. The molecule has 2 saturated heterocycles. The van der Waals surface area contributed by atoms with Crippen molar-refractivity contribution in [2.24, 2.45) is 0 Å². The second-order valence-corrected chi connectivity index (χ2v) is 9.57. The molecule has 2 aliphatic heterocycles. The van der Waals surface area contributed by atoms with Gasteiger partial charge in [-0.25, -0.2) is 0 Å². The van der Waals surface area contributed by atoms with Crippen molar-refractivity contribution in [1.82, 2.24) is 0 Å². The summed E-state index contributed by atoms with van der Waals surface area (Å²) in [6, 6.07) is 11.5. The minimum Gasteiger partial charge on any atom is -0.387 e. The van der Waals surface area contributed by atoms with Crippen molar-refractivity contribution < 1.29 is 54.7 Å². The Kier molecular flexibility index (Phi) is 7.50. The number of benzene rings is 2. The zero-order chi connectivity index (χ0) is 28.9. The van der Waals surface area contributed by atoms with Crippen molar-refractivity contribution in [1.29, 1.82) is 0 Å². The summed E-state index contributed by atoms with van der Waals surface area (Å²) in [5.74, 6) is -5.56. The van der Waals surface area contributed by atoms with E-state index in [1.54, 1.807) is 6.07 Å². The molecule has 2 fully saturated rings. The SMILES string of the molecule is C[C@H]1O[C@@](O[C@@H]2[C@H](O)[C@@H](O)[C@@](O)(c3cccc([N+](=O)[O-])c3)O[C@@H]2C)(c2ccccc2)[C@@](O)([N+](=O)[O-])[C@@H](O)[C@H]1O. The van der Waals surface area contributed by atoms with E-state index in [4.69, 9.17) is 14.2 Å². The first-order valence-corrected chi connectivity index (χ1v) is 11.9. The monoisotopic (exact) mass is 552 g/mol. The first-order chi connectivity index (χ1) is 18.2. The number of hydrogen-bond donors (Lipinski definition) is 6. The van der Waals surface area contributed by atoms with Gasteiger partial charge in [0.25, 0.3) is 11.5 Å². The maximum absolute atomic E-state index is 12.3. The molecule has 15 heteroatoms. The van der Waals surface area contributed by atoms with Gasteiger partial charge in [-0.1, -0.05) is 42.5 Å². The van der Waals surface area contributed by atoms with Crippen molar-refractivity contribution in [3.63, 3.8) is 0 Å². The lowest BCUT2D eigenvalue weighted by atomic mass is 9.82. The number of aliphatic hydroxyl groups excluding tert-OH is 4. The molecule has 0 spiro atoms. The Hall–Kier alpha value is -3.12. The van der Waals surface area contributed by atoms with Gasteiger partial charge in [0.2, 0.25) is 5.79 Å². The van der Waals surface area contributed by atoms with Gasteiger partial charge in [-0.3, -0.25) is 20.2 Å². The van der Waals surface area contributed by atoms with Crippen LogP contribution in [0.1, 0.15) is 25.0 Å². The zero-order valence-corrected chi connectivity index (χ0v) is 20.7. The molecule has 0 bridgehead atoms. The van der Waals surface area contributed by atoms with Gasteiger partial charge in [-0.2, -0.15) is 0 Å². The Morgan fingerprint density at radius 2 is 1.44 bits per heavy atom. The van der Waals surface area contributed by atoms with Crippen LogP contribution in [0.25, 0.3) is 0 Å². The fourth-order valence-corrected chi connectivity index (χ4v) is 5.00. The van der Waals surface area contributed by atoms with Gasteiger partial charge in [0.15, 0.2) is 6.10 Å². The van der Waals surface area contributed by atoms with Gasteiger partial charge in [-0.05, 0) is 13.8 Å². The lowest BCUT2D eigenvalue weighted by Gasteiger charge is -2.53. The lowest BCUT2D eigenvalue weighted by molar-refractivity contribution is -0.702. The third-order valence-corrected chi connectivity index (χ3v) is 7.15. The Morgan fingerprint density at radius 3 is 2.03 bits per heavy atom. The Bertz CT molecular complexity index is 1230. The molecular weight excluding hydrogens is 524 g/mol. The summed E-state index contributed by atoms with van der Waals surface area (Å²) in [6.07, 6.45) is -13.2. The van der Waals surface area contributed by atoms with Gasteiger partial charge >= 0.3 is 5.72 Å². The molecule has 0 saturated carbocycles. The summed E-state index contributed by atoms with van der Waals surface area (Å²) in [5.41, 5.74) is -4.43. The number of nitrogens with zero attached hydrogens (tertiary/aromatic N) is 2. The quantitative estimate of drug-likeness (QED) is 0.147. The number of nitro groups is 2. The summed E-state index contributed by atoms with van der Waals surface area (Å²) in [7, 11) is 0. The second kappa shape index (κ2) is 10.1. The third-order valence-electron chi connectivity index (χ3n) is 7.15. The number of rotatable bonds is 6. The average Bonchev–Trinajstić information content (AvgIpc) is 2.91. The topological polar surface area (TPSA) is 235 Å². The van der Waals surface area contributed by atoms with Crippen LogP contribution in [0.3, 0.4) is 0 Å². The van der Waals surface area contributed by atoms with Crippen LogP contribution in [0.2, 0.25) is 0 Å². The minimum absolute atomic E-state index is 0.185. The maximum Gasteiger partial charge on any atom is 0.409 e. The molecule has 2 heterocycles. The number of nitro benzene ring substituents is 1. The number of hydrogen-bond acceptors (Lipinski definition) is 13. The molecule has 39 heavy (non-hydrogen) atoms. The molecule has 0 unspecified atom stereocenters. The molecule has 212 valence electrons. The summed E-state index contributed by atoms with van der Waals surface area (Å²) in [4.78, 5) is 21.4. The van der Waals surface area contributed by atoms with E-state index in [0.29, 0.717) is 0 Å². The first kappa shape index (κ1) is 28.9. The molecule has 4 rings (SSSR count). The van der Waals surface area contributed by atoms with E-state index in [2.05, 4.69) is 0 Å². The van der Waals surface area contributed by atoms with Crippen LogP contribution < -0.4 is 0 Å². The van der Waals surface area contributed by atoms with Crippen molar-refractivity contribution in [3.05, 3.63) is 86.0 Å². The maximum atomic E-state index is 12.3. The molecule has 2 aliphatic rings. The van der Waals surface area contributed by atoms with E-state index in [0.717, 1.165) is 12.1 Å².